The molecule has 4 nitrogen and oxygen atoms in total. The number of hydrogen-bond donors (Lipinski definition) is 1. The second-order valence-electron chi connectivity index (χ2n) is 5.59. The van der Waals surface area contributed by atoms with Gasteiger partial charge in [0.15, 0.2) is 0 Å². The fraction of sp³-hybridized carbons (Fsp3) is 0.562. The second-order valence-corrected chi connectivity index (χ2v) is 5.59. The number of rotatable bonds is 4. The first-order chi connectivity index (χ1) is 9.78. The fourth-order valence-electron chi connectivity index (χ4n) is 3.24. The van der Waals surface area contributed by atoms with Crippen molar-refractivity contribution in [1.29, 1.82) is 0 Å². The Balaban J connectivity index is 1.82. The molecule has 1 atom stereocenters. The summed E-state index contributed by atoms with van der Waals surface area (Å²) in [6.07, 6.45) is 5.05. The van der Waals surface area contributed by atoms with Crippen LogP contribution in [0.25, 0.3) is 0 Å². The van der Waals surface area contributed by atoms with Crippen molar-refractivity contribution in [2.75, 3.05) is 24.6 Å². The molecule has 0 radical (unpaired) electrons. The maximum atomic E-state index is 5.60. The summed E-state index contributed by atoms with van der Waals surface area (Å²) in [5.41, 5.74) is 10.0. The molecule has 0 fully saturated rings. The number of nitrogens with two attached hydrogens (primary N) is 1. The minimum Gasteiger partial charge on any atom is -0.463 e. The number of hydrogen-bond acceptors (Lipinski definition) is 4. The quantitative estimate of drug-likeness (QED) is 0.914. The van der Waals surface area contributed by atoms with E-state index in [2.05, 4.69) is 35.0 Å². The lowest BCUT2D eigenvalue weighted by molar-refractivity contribution is 0.313. The molecule has 0 bridgehead atoms. The van der Waals surface area contributed by atoms with Crippen molar-refractivity contribution in [2.24, 2.45) is 10.7 Å². The first-order valence-electron chi connectivity index (χ1n) is 7.59. The van der Waals surface area contributed by atoms with E-state index < -0.39 is 0 Å². The molecule has 0 spiro atoms. The Bertz CT molecular complexity index is 512. The van der Waals surface area contributed by atoms with Crippen LogP contribution in [0.2, 0.25) is 0 Å². The molecule has 1 heterocycles. The first kappa shape index (κ1) is 13.3. The van der Waals surface area contributed by atoms with Crippen LogP contribution < -0.4 is 10.6 Å². The highest BCUT2D eigenvalue weighted by Gasteiger charge is 2.22. The molecule has 0 amide bonds. The van der Waals surface area contributed by atoms with E-state index in [1.807, 2.05) is 0 Å². The van der Waals surface area contributed by atoms with Crippen LogP contribution in [0.1, 0.15) is 30.9 Å². The topological polar surface area (TPSA) is 50.9 Å². The van der Waals surface area contributed by atoms with Crippen LogP contribution in [-0.4, -0.2) is 31.8 Å². The number of anilines is 1. The lowest BCUT2D eigenvalue weighted by Gasteiger charge is -2.29. The highest BCUT2D eigenvalue weighted by Crippen LogP contribution is 2.30. The highest BCUT2D eigenvalue weighted by molar-refractivity contribution is 5.73. The van der Waals surface area contributed by atoms with Crippen LogP contribution >= 0.6 is 0 Å². The number of amidine groups is 1. The van der Waals surface area contributed by atoms with Crippen LogP contribution in [-0.2, 0) is 17.6 Å². The molecular weight excluding hydrogens is 250 g/mol. The van der Waals surface area contributed by atoms with E-state index in [1.54, 1.807) is 0 Å². The van der Waals surface area contributed by atoms with Crippen LogP contribution in [0.3, 0.4) is 0 Å². The van der Waals surface area contributed by atoms with Gasteiger partial charge in [0.2, 0.25) is 0 Å². The number of aryl methyl sites for hydroxylation is 1. The normalized spacial score (nSPS) is 21.1. The van der Waals surface area contributed by atoms with Crippen LogP contribution in [0.4, 0.5) is 5.69 Å². The number of benzene rings is 1. The van der Waals surface area contributed by atoms with Gasteiger partial charge in [-0.3, -0.25) is 0 Å². The zero-order valence-electron chi connectivity index (χ0n) is 12.1. The average Bonchev–Trinajstić information content (AvgIpc) is 2.89. The molecule has 1 unspecified atom stereocenters. The van der Waals surface area contributed by atoms with Crippen molar-refractivity contribution in [1.82, 2.24) is 0 Å². The summed E-state index contributed by atoms with van der Waals surface area (Å²) in [6.45, 7) is 4.68. The minimum atomic E-state index is 0.161. The standard InChI is InChI=1S/C16H23N3O/c1-2-19(10-13-11-20-16(17)18-13)15-9-5-7-12-6-3-4-8-14(12)15/h5,7,9,13H,2-4,6,8,10-11H2,1H3,(H2,17,18). The zero-order valence-corrected chi connectivity index (χ0v) is 12.1. The molecule has 1 aromatic rings. The summed E-state index contributed by atoms with van der Waals surface area (Å²) >= 11 is 0. The molecule has 0 aromatic heterocycles. The van der Waals surface area contributed by atoms with E-state index in [9.17, 15) is 0 Å². The van der Waals surface area contributed by atoms with Gasteiger partial charge in [-0.05, 0) is 49.8 Å². The van der Waals surface area contributed by atoms with Gasteiger partial charge in [0.05, 0.1) is 0 Å². The third-order valence-electron chi connectivity index (χ3n) is 4.26. The molecule has 1 aliphatic heterocycles. The maximum absolute atomic E-state index is 5.60. The third kappa shape index (κ3) is 2.60. The van der Waals surface area contributed by atoms with E-state index in [0.29, 0.717) is 12.6 Å². The van der Waals surface area contributed by atoms with E-state index in [1.165, 1.54) is 42.5 Å². The smallest absolute Gasteiger partial charge is 0.282 e. The molecule has 1 aliphatic carbocycles. The summed E-state index contributed by atoms with van der Waals surface area (Å²) in [5.74, 6) is 0. The number of ether oxygens (including phenoxy) is 1. The van der Waals surface area contributed by atoms with Crippen LogP contribution in [0.5, 0.6) is 0 Å². The van der Waals surface area contributed by atoms with Gasteiger partial charge in [-0.1, -0.05) is 12.1 Å². The van der Waals surface area contributed by atoms with Crippen LogP contribution in [0, 0.1) is 0 Å². The molecule has 2 N–H and O–H groups in total. The van der Waals surface area contributed by atoms with Gasteiger partial charge >= 0.3 is 0 Å². The van der Waals surface area contributed by atoms with Crippen molar-refractivity contribution in [3.8, 4) is 0 Å². The molecule has 4 heteroatoms. The summed E-state index contributed by atoms with van der Waals surface area (Å²) in [7, 11) is 0. The number of aliphatic imine (C=N–C) groups is 1. The molecule has 3 rings (SSSR count). The molecule has 1 aromatic carbocycles. The Morgan fingerprint density at radius 3 is 2.95 bits per heavy atom. The number of likely N-dealkylation sites (N-methyl/N-ethyl adjacent to an activating group) is 1. The van der Waals surface area contributed by atoms with Gasteiger partial charge < -0.3 is 15.4 Å². The van der Waals surface area contributed by atoms with Crippen LogP contribution in [0.15, 0.2) is 23.2 Å². The van der Waals surface area contributed by atoms with Crippen molar-refractivity contribution in [3.05, 3.63) is 29.3 Å². The second kappa shape index (κ2) is 5.73. The Labute approximate surface area is 120 Å². The van der Waals surface area contributed by atoms with Crippen molar-refractivity contribution < 1.29 is 4.74 Å². The summed E-state index contributed by atoms with van der Waals surface area (Å²) in [4.78, 5) is 6.76. The zero-order chi connectivity index (χ0) is 13.9. The summed E-state index contributed by atoms with van der Waals surface area (Å²) < 4.78 is 5.26. The van der Waals surface area contributed by atoms with Gasteiger partial charge in [0.25, 0.3) is 6.02 Å². The SMILES string of the molecule is CCN(CC1COC(N)=N1)c1cccc2c1CCCC2. The van der Waals surface area contributed by atoms with E-state index in [-0.39, 0.29) is 6.04 Å². The Morgan fingerprint density at radius 2 is 2.20 bits per heavy atom. The maximum Gasteiger partial charge on any atom is 0.282 e. The predicted octanol–water partition coefficient (Wildman–Crippen LogP) is 2.11. The Morgan fingerprint density at radius 1 is 1.35 bits per heavy atom. The Kier molecular flexibility index (Phi) is 3.81. The van der Waals surface area contributed by atoms with E-state index in [0.717, 1.165) is 13.1 Å². The number of fused-ring (bicyclic) bond motifs is 1. The van der Waals surface area contributed by atoms with E-state index in [4.69, 9.17) is 10.5 Å². The highest BCUT2D eigenvalue weighted by atomic mass is 16.5. The van der Waals surface area contributed by atoms with Gasteiger partial charge in [-0.25, -0.2) is 4.99 Å². The van der Waals surface area contributed by atoms with Gasteiger partial charge in [-0.15, -0.1) is 0 Å². The molecule has 0 saturated carbocycles. The molecule has 0 saturated heterocycles. The summed E-state index contributed by atoms with van der Waals surface area (Å²) in [5, 5.41) is 0. The van der Waals surface area contributed by atoms with Gasteiger partial charge in [0.1, 0.15) is 12.6 Å². The van der Waals surface area contributed by atoms with Gasteiger partial charge in [0, 0.05) is 18.8 Å². The van der Waals surface area contributed by atoms with Crippen molar-refractivity contribution >= 4 is 11.7 Å². The molecule has 2 aliphatic rings. The lowest BCUT2D eigenvalue weighted by atomic mass is 9.90. The van der Waals surface area contributed by atoms with Crippen molar-refractivity contribution in [2.45, 2.75) is 38.6 Å². The van der Waals surface area contributed by atoms with Gasteiger partial charge in [-0.2, -0.15) is 0 Å². The largest absolute Gasteiger partial charge is 0.463 e. The third-order valence-corrected chi connectivity index (χ3v) is 4.26. The molecule has 20 heavy (non-hydrogen) atoms. The Hall–Kier alpha value is -1.71. The fourth-order valence-corrected chi connectivity index (χ4v) is 3.24. The minimum absolute atomic E-state index is 0.161. The van der Waals surface area contributed by atoms with E-state index >= 15 is 0 Å². The average molecular weight is 273 g/mol. The molecule has 108 valence electrons. The predicted molar refractivity (Wildman–Crippen MR) is 82.3 cm³/mol. The number of nitrogens with zero attached hydrogens (tertiary/aromatic N) is 2. The molecular formula is C16H23N3O. The monoisotopic (exact) mass is 273 g/mol. The summed E-state index contributed by atoms with van der Waals surface area (Å²) in [6, 6.07) is 7.21. The first-order valence-corrected chi connectivity index (χ1v) is 7.59. The lowest BCUT2D eigenvalue weighted by Crippen LogP contribution is -2.33. The van der Waals surface area contributed by atoms with Crippen molar-refractivity contribution in [3.63, 3.8) is 0 Å².